The van der Waals surface area contributed by atoms with Gasteiger partial charge in [-0.05, 0) is 60.5 Å². The largest absolute Gasteiger partial charge is 0.432 e. The third-order valence-electron chi connectivity index (χ3n) is 5.55. The third kappa shape index (κ3) is 5.25. The zero-order chi connectivity index (χ0) is 20.8. The van der Waals surface area contributed by atoms with Crippen LogP contribution in [0.1, 0.15) is 24.0 Å². The van der Waals surface area contributed by atoms with Crippen molar-refractivity contribution < 1.29 is 9.84 Å². The minimum atomic E-state index is -0.711. The number of ether oxygens (including phenoxy) is 1. The summed E-state index contributed by atoms with van der Waals surface area (Å²) >= 11 is 5.28. The van der Waals surface area contributed by atoms with Gasteiger partial charge in [0.15, 0.2) is 0 Å². The number of nitrogens with one attached hydrogen (secondary N) is 1. The fraction of sp³-hybridized carbons (Fsp3) is 0.240. The quantitative estimate of drug-likeness (QED) is 0.574. The molecule has 4 nitrogen and oxygen atoms in total. The van der Waals surface area contributed by atoms with Gasteiger partial charge in [-0.25, -0.2) is 0 Å². The van der Waals surface area contributed by atoms with E-state index in [1.165, 1.54) is 5.56 Å². The Bertz CT molecular complexity index is 953. The van der Waals surface area contributed by atoms with E-state index in [0.717, 1.165) is 43.7 Å². The molecule has 3 aromatic rings. The van der Waals surface area contributed by atoms with E-state index < -0.39 is 5.60 Å². The van der Waals surface area contributed by atoms with E-state index in [4.69, 9.17) is 17.0 Å². The van der Waals surface area contributed by atoms with Crippen LogP contribution in [0.3, 0.4) is 0 Å². The Hall–Kier alpha value is -2.73. The second kappa shape index (κ2) is 9.39. The van der Waals surface area contributed by atoms with Crippen molar-refractivity contribution in [2.24, 2.45) is 0 Å². The fourth-order valence-corrected chi connectivity index (χ4v) is 4.03. The van der Waals surface area contributed by atoms with E-state index in [9.17, 15) is 5.11 Å². The molecule has 3 aromatic carbocycles. The number of likely N-dealkylation sites (tertiary alicyclic amines) is 1. The van der Waals surface area contributed by atoms with Gasteiger partial charge in [0.25, 0.3) is 5.17 Å². The standard InChI is InChI=1S/C25H26N2O2S/c28-25(21-7-3-1-4-8-21)15-17-27(18-16-25)19-20-11-13-23(14-12-20)29-24(30)26-22-9-5-2-6-10-22/h1-14,28H,15-19H2,(H,26,30). The van der Waals surface area contributed by atoms with Crippen molar-refractivity contribution in [3.8, 4) is 5.75 Å². The summed E-state index contributed by atoms with van der Waals surface area (Å²) in [5.74, 6) is 0.712. The van der Waals surface area contributed by atoms with Gasteiger partial charge in [-0.15, -0.1) is 0 Å². The van der Waals surface area contributed by atoms with Crippen molar-refractivity contribution in [3.63, 3.8) is 0 Å². The van der Waals surface area contributed by atoms with Crippen molar-refractivity contribution in [1.82, 2.24) is 4.90 Å². The van der Waals surface area contributed by atoms with Crippen LogP contribution < -0.4 is 10.1 Å². The Balaban J connectivity index is 1.27. The lowest BCUT2D eigenvalue weighted by Gasteiger charge is -2.38. The number of nitrogens with zero attached hydrogens (tertiary/aromatic N) is 1. The molecule has 0 saturated carbocycles. The van der Waals surface area contributed by atoms with Crippen LogP contribution in [0, 0.1) is 0 Å². The first-order chi connectivity index (χ1) is 14.6. The minimum Gasteiger partial charge on any atom is -0.432 e. The van der Waals surface area contributed by atoms with Crippen LogP contribution in [0.2, 0.25) is 0 Å². The molecule has 1 aliphatic heterocycles. The van der Waals surface area contributed by atoms with Gasteiger partial charge in [0.2, 0.25) is 0 Å². The van der Waals surface area contributed by atoms with Crippen LogP contribution >= 0.6 is 12.2 Å². The number of benzene rings is 3. The normalized spacial score (nSPS) is 16.0. The first-order valence-corrected chi connectivity index (χ1v) is 10.6. The predicted molar refractivity (Wildman–Crippen MR) is 125 cm³/mol. The Morgan fingerprint density at radius 3 is 2.13 bits per heavy atom. The lowest BCUT2D eigenvalue weighted by atomic mass is 9.84. The van der Waals surface area contributed by atoms with Crippen molar-refractivity contribution in [1.29, 1.82) is 0 Å². The van der Waals surface area contributed by atoms with Crippen molar-refractivity contribution in [3.05, 3.63) is 96.1 Å². The van der Waals surface area contributed by atoms with Gasteiger partial charge in [-0.1, -0.05) is 60.7 Å². The highest BCUT2D eigenvalue weighted by molar-refractivity contribution is 7.80. The third-order valence-corrected chi connectivity index (χ3v) is 5.74. The van der Waals surface area contributed by atoms with Gasteiger partial charge in [0.05, 0.1) is 5.60 Å². The van der Waals surface area contributed by atoms with Crippen LogP contribution in [-0.4, -0.2) is 28.3 Å². The molecule has 1 heterocycles. The molecule has 0 radical (unpaired) electrons. The average Bonchev–Trinajstić information content (AvgIpc) is 2.78. The average molecular weight is 419 g/mol. The molecule has 0 aliphatic carbocycles. The molecule has 0 amide bonds. The maximum atomic E-state index is 11.0. The zero-order valence-electron chi connectivity index (χ0n) is 16.8. The van der Waals surface area contributed by atoms with E-state index in [-0.39, 0.29) is 0 Å². The second-order valence-electron chi connectivity index (χ2n) is 7.70. The summed E-state index contributed by atoms with van der Waals surface area (Å²) in [6.45, 7) is 2.60. The molecular weight excluding hydrogens is 392 g/mol. The van der Waals surface area contributed by atoms with Crippen LogP contribution in [0.15, 0.2) is 84.9 Å². The molecule has 30 heavy (non-hydrogen) atoms. The Morgan fingerprint density at radius 1 is 0.900 bits per heavy atom. The summed E-state index contributed by atoms with van der Waals surface area (Å²) in [5.41, 5.74) is 2.43. The van der Waals surface area contributed by atoms with Crippen LogP contribution in [0.25, 0.3) is 0 Å². The molecule has 0 bridgehead atoms. The van der Waals surface area contributed by atoms with Gasteiger partial charge < -0.3 is 15.2 Å². The molecule has 2 N–H and O–H groups in total. The van der Waals surface area contributed by atoms with Gasteiger partial charge in [0, 0.05) is 25.3 Å². The predicted octanol–water partition coefficient (Wildman–Crippen LogP) is 4.95. The Morgan fingerprint density at radius 2 is 1.50 bits per heavy atom. The smallest absolute Gasteiger partial charge is 0.266 e. The summed E-state index contributed by atoms with van der Waals surface area (Å²) in [6.07, 6.45) is 1.50. The lowest BCUT2D eigenvalue weighted by Crippen LogP contribution is -2.42. The highest BCUT2D eigenvalue weighted by atomic mass is 32.1. The monoisotopic (exact) mass is 418 g/mol. The summed E-state index contributed by atoms with van der Waals surface area (Å²) in [6, 6.07) is 27.8. The number of thiocarbonyl (C=S) groups is 1. The van der Waals surface area contributed by atoms with Gasteiger partial charge in [0.1, 0.15) is 5.75 Å². The summed E-state index contributed by atoms with van der Waals surface area (Å²) < 4.78 is 5.71. The minimum absolute atomic E-state index is 0.324. The number of aliphatic hydroxyl groups is 1. The molecule has 0 atom stereocenters. The van der Waals surface area contributed by atoms with Crippen molar-refractivity contribution >= 4 is 23.1 Å². The number of para-hydroxylation sites is 1. The van der Waals surface area contributed by atoms with Crippen LogP contribution in [0.4, 0.5) is 5.69 Å². The number of rotatable bonds is 5. The molecule has 0 spiro atoms. The maximum absolute atomic E-state index is 11.0. The lowest BCUT2D eigenvalue weighted by molar-refractivity contribution is -0.0277. The number of piperidine rings is 1. The fourth-order valence-electron chi connectivity index (χ4n) is 3.81. The van der Waals surface area contributed by atoms with E-state index in [0.29, 0.717) is 10.9 Å². The molecule has 4 rings (SSSR count). The van der Waals surface area contributed by atoms with Crippen LogP contribution in [0.5, 0.6) is 5.75 Å². The molecular formula is C25H26N2O2S. The Labute approximate surface area is 183 Å². The number of hydrogen-bond donors (Lipinski definition) is 2. The number of hydrogen-bond acceptors (Lipinski definition) is 4. The summed E-state index contributed by atoms with van der Waals surface area (Å²) in [4.78, 5) is 2.38. The first kappa shape index (κ1) is 20.5. The van der Waals surface area contributed by atoms with Gasteiger partial charge in [-0.3, -0.25) is 4.90 Å². The molecule has 1 saturated heterocycles. The van der Waals surface area contributed by atoms with E-state index >= 15 is 0 Å². The van der Waals surface area contributed by atoms with E-state index in [1.54, 1.807) is 0 Å². The highest BCUT2D eigenvalue weighted by Crippen LogP contribution is 2.33. The van der Waals surface area contributed by atoms with E-state index in [1.807, 2.05) is 72.8 Å². The summed E-state index contributed by atoms with van der Waals surface area (Å²) in [7, 11) is 0. The summed E-state index contributed by atoms with van der Waals surface area (Å²) in [5, 5.41) is 14.4. The molecule has 0 unspecified atom stereocenters. The molecule has 5 heteroatoms. The van der Waals surface area contributed by atoms with E-state index in [2.05, 4.69) is 22.3 Å². The maximum Gasteiger partial charge on any atom is 0.266 e. The SMILES string of the molecule is OC1(c2ccccc2)CCN(Cc2ccc(OC(=S)Nc3ccccc3)cc2)CC1. The molecule has 0 aromatic heterocycles. The van der Waals surface area contributed by atoms with Crippen molar-refractivity contribution in [2.75, 3.05) is 18.4 Å². The Kier molecular flexibility index (Phi) is 6.43. The highest BCUT2D eigenvalue weighted by Gasteiger charge is 2.33. The molecule has 154 valence electrons. The van der Waals surface area contributed by atoms with Gasteiger partial charge >= 0.3 is 0 Å². The number of anilines is 1. The first-order valence-electron chi connectivity index (χ1n) is 10.2. The topological polar surface area (TPSA) is 44.7 Å². The van der Waals surface area contributed by atoms with Crippen LogP contribution in [-0.2, 0) is 12.1 Å². The zero-order valence-corrected chi connectivity index (χ0v) is 17.6. The second-order valence-corrected chi connectivity index (χ2v) is 8.07. The van der Waals surface area contributed by atoms with Gasteiger partial charge in [-0.2, -0.15) is 0 Å². The molecule has 1 fully saturated rings. The molecule has 1 aliphatic rings. The van der Waals surface area contributed by atoms with Crippen molar-refractivity contribution in [2.45, 2.75) is 25.0 Å².